The Morgan fingerprint density at radius 1 is 1.21 bits per heavy atom. The van der Waals surface area contributed by atoms with Crippen LogP contribution in [0.5, 0.6) is 0 Å². The molecule has 0 saturated carbocycles. The van der Waals surface area contributed by atoms with Crippen LogP contribution in [0.4, 0.5) is 4.39 Å². The van der Waals surface area contributed by atoms with Gasteiger partial charge in [-0.2, -0.15) is 0 Å². The van der Waals surface area contributed by atoms with E-state index in [4.69, 9.17) is 16.4 Å². The first-order valence-electron chi connectivity index (χ1n) is 11.6. The number of piperidine rings is 1. The van der Waals surface area contributed by atoms with E-state index in [1.807, 2.05) is 26.1 Å². The molecule has 0 radical (unpaired) electrons. The van der Waals surface area contributed by atoms with Gasteiger partial charge in [-0.05, 0) is 68.2 Å². The van der Waals surface area contributed by atoms with Crippen molar-refractivity contribution in [1.29, 1.82) is 0 Å². The topological polar surface area (TPSA) is 40.0 Å². The van der Waals surface area contributed by atoms with Gasteiger partial charge < -0.3 is 10.2 Å². The predicted molar refractivity (Wildman–Crippen MR) is 135 cm³/mol. The largest absolute Gasteiger partial charge is 0.361 e. The monoisotopic (exact) mass is 440 g/mol. The maximum atomic E-state index is 14.6. The second-order valence-corrected chi connectivity index (χ2v) is 9.49. The highest BCUT2D eigenvalue weighted by atomic mass is 19.1. The SMILES string of the molecule is C#Cc1c(F)ccc2cc(C)cc(C3=C(C)C4N=C(C)N=C(N5CCCC(C)C5)C4=CN3)c12. The zero-order valence-corrected chi connectivity index (χ0v) is 19.7. The molecule has 1 N–H and O–H groups in total. The van der Waals surface area contributed by atoms with Crippen LogP contribution in [0.25, 0.3) is 16.5 Å². The zero-order valence-electron chi connectivity index (χ0n) is 19.7. The molecule has 0 aromatic heterocycles. The lowest BCUT2D eigenvalue weighted by atomic mass is 9.87. The van der Waals surface area contributed by atoms with Crippen molar-refractivity contribution >= 4 is 28.1 Å². The molecule has 3 heterocycles. The Balaban J connectivity index is 1.63. The second kappa shape index (κ2) is 8.19. The molecule has 0 bridgehead atoms. The lowest BCUT2D eigenvalue weighted by Crippen LogP contribution is -2.45. The van der Waals surface area contributed by atoms with Crippen molar-refractivity contribution in [2.45, 2.75) is 46.6 Å². The third-order valence-electron chi connectivity index (χ3n) is 6.89. The van der Waals surface area contributed by atoms with Crippen molar-refractivity contribution in [1.82, 2.24) is 10.2 Å². The van der Waals surface area contributed by atoms with Crippen LogP contribution in [0.1, 0.15) is 50.3 Å². The van der Waals surface area contributed by atoms with Crippen LogP contribution in [0.2, 0.25) is 0 Å². The van der Waals surface area contributed by atoms with Gasteiger partial charge in [0.2, 0.25) is 0 Å². The molecule has 33 heavy (non-hydrogen) atoms. The van der Waals surface area contributed by atoms with E-state index < -0.39 is 0 Å². The van der Waals surface area contributed by atoms with E-state index in [9.17, 15) is 4.39 Å². The number of terminal acetylenes is 1. The molecule has 3 aliphatic rings. The Morgan fingerprint density at radius 2 is 2.03 bits per heavy atom. The van der Waals surface area contributed by atoms with E-state index in [2.05, 4.69) is 36.1 Å². The molecule has 0 aliphatic carbocycles. The van der Waals surface area contributed by atoms with Crippen LogP contribution < -0.4 is 5.32 Å². The van der Waals surface area contributed by atoms with Gasteiger partial charge in [-0.1, -0.05) is 25.0 Å². The van der Waals surface area contributed by atoms with Crippen molar-refractivity contribution in [3.63, 3.8) is 0 Å². The van der Waals surface area contributed by atoms with E-state index in [1.54, 1.807) is 6.07 Å². The van der Waals surface area contributed by atoms with Gasteiger partial charge in [0.15, 0.2) is 0 Å². The third kappa shape index (κ3) is 3.64. The van der Waals surface area contributed by atoms with Crippen molar-refractivity contribution in [3.8, 4) is 12.3 Å². The average molecular weight is 441 g/mol. The number of dihydropyridines is 1. The Hall–Kier alpha value is -3.39. The number of aryl methyl sites for hydroxylation is 1. The molecule has 1 saturated heterocycles. The smallest absolute Gasteiger partial charge is 0.139 e. The van der Waals surface area contributed by atoms with Crippen LogP contribution in [0.3, 0.4) is 0 Å². The normalized spacial score (nSPS) is 22.8. The minimum absolute atomic E-state index is 0.121. The molecule has 2 aromatic rings. The van der Waals surface area contributed by atoms with Gasteiger partial charge in [0.05, 0.1) is 5.56 Å². The number of nitrogens with zero attached hydrogens (tertiary/aromatic N) is 3. The number of aliphatic imine (C=N–C) groups is 2. The first-order valence-corrected chi connectivity index (χ1v) is 11.6. The van der Waals surface area contributed by atoms with Crippen molar-refractivity contribution < 1.29 is 4.39 Å². The Bertz CT molecular complexity index is 1320. The van der Waals surface area contributed by atoms with Crippen LogP contribution in [-0.4, -0.2) is 35.7 Å². The van der Waals surface area contributed by atoms with Crippen molar-refractivity contribution in [2.24, 2.45) is 15.9 Å². The summed E-state index contributed by atoms with van der Waals surface area (Å²) in [6.45, 7) is 10.4. The summed E-state index contributed by atoms with van der Waals surface area (Å²) in [5, 5.41) is 5.21. The number of hydrogen-bond acceptors (Lipinski definition) is 4. The Morgan fingerprint density at radius 3 is 2.79 bits per heavy atom. The van der Waals surface area contributed by atoms with Gasteiger partial charge in [-0.3, -0.25) is 4.99 Å². The van der Waals surface area contributed by atoms with E-state index in [-0.39, 0.29) is 11.9 Å². The van der Waals surface area contributed by atoms with Gasteiger partial charge >= 0.3 is 0 Å². The molecule has 4 nitrogen and oxygen atoms in total. The first kappa shape index (κ1) is 21.5. The minimum Gasteiger partial charge on any atom is -0.361 e. The average Bonchev–Trinajstić information content (AvgIpc) is 2.79. The summed E-state index contributed by atoms with van der Waals surface area (Å²) < 4.78 is 14.6. The Labute approximate surface area is 195 Å². The van der Waals surface area contributed by atoms with Crippen molar-refractivity contribution in [3.05, 3.63) is 64.1 Å². The highest BCUT2D eigenvalue weighted by Crippen LogP contribution is 2.37. The van der Waals surface area contributed by atoms with Gasteiger partial charge in [-0.15, -0.1) is 6.42 Å². The number of halogens is 1. The van der Waals surface area contributed by atoms with Gasteiger partial charge in [0, 0.05) is 41.5 Å². The Kier molecular flexibility index (Phi) is 5.32. The molecular formula is C28H29FN4. The fourth-order valence-corrected chi connectivity index (χ4v) is 5.35. The van der Waals surface area contributed by atoms with Crippen LogP contribution in [0, 0.1) is 31.0 Å². The summed E-state index contributed by atoms with van der Waals surface area (Å²) in [7, 11) is 0. The maximum Gasteiger partial charge on any atom is 0.139 e. The highest BCUT2D eigenvalue weighted by molar-refractivity contribution is 6.10. The lowest BCUT2D eigenvalue weighted by molar-refractivity contribution is 0.272. The predicted octanol–water partition coefficient (Wildman–Crippen LogP) is 5.42. The fraction of sp³-hybridized carbons (Fsp3) is 0.357. The van der Waals surface area contributed by atoms with E-state index in [0.717, 1.165) is 63.5 Å². The lowest BCUT2D eigenvalue weighted by Gasteiger charge is -2.38. The molecule has 5 heteroatoms. The third-order valence-corrected chi connectivity index (χ3v) is 6.89. The first-order chi connectivity index (χ1) is 15.9. The van der Waals surface area contributed by atoms with Crippen LogP contribution in [0.15, 0.2) is 51.6 Å². The molecule has 168 valence electrons. The quantitative estimate of drug-likeness (QED) is 0.602. The molecular weight excluding hydrogens is 411 g/mol. The highest BCUT2D eigenvalue weighted by Gasteiger charge is 2.34. The number of amidine groups is 2. The number of likely N-dealkylation sites (tertiary alicyclic amines) is 1. The summed E-state index contributed by atoms with van der Waals surface area (Å²) in [4.78, 5) is 12.2. The second-order valence-electron chi connectivity index (χ2n) is 9.49. The molecule has 2 unspecified atom stereocenters. The van der Waals surface area contributed by atoms with E-state index in [0.29, 0.717) is 11.5 Å². The summed E-state index contributed by atoms with van der Waals surface area (Å²) in [6, 6.07) is 7.25. The summed E-state index contributed by atoms with van der Waals surface area (Å²) in [5.41, 5.74) is 5.42. The molecule has 5 rings (SSSR count). The number of nitrogens with one attached hydrogen (secondary N) is 1. The standard InChI is InChI=1S/C28H29FN4/c1-6-21-24(29)10-9-20-12-17(3)13-22(25(20)21)26-18(4)27-23(14-30-26)28(32-19(5)31-27)33-11-7-8-16(2)15-33/h1,9-10,12-14,16,27,30H,7-8,11,15H2,2-5H3. The van der Waals surface area contributed by atoms with Gasteiger partial charge in [-0.25, -0.2) is 9.38 Å². The molecule has 0 spiro atoms. The summed E-state index contributed by atoms with van der Waals surface area (Å²) in [5.74, 6) is 4.66. The number of hydrogen-bond donors (Lipinski definition) is 1. The number of rotatable bonds is 1. The summed E-state index contributed by atoms with van der Waals surface area (Å²) in [6.07, 6.45) is 10.2. The van der Waals surface area contributed by atoms with E-state index in [1.165, 1.54) is 18.9 Å². The summed E-state index contributed by atoms with van der Waals surface area (Å²) >= 11 is 0. The maximum absolute atomic E-state index is 14.6. The fourth-order valence-electron chi connectivity index (χ4n) is 5.35. The van der Waals surface area contributed by atoms with Crippen LogP contribution >= 0.6 is 0 Å². The molecule has 3 aliphatic heterocycles. The molecule has 2 atom stereocenters. The molecule has 2 aromatic carbocycles. The zero-order chi connectivity index (χ0) is 23.3. The van der Waals surface area contributed by atoms with Gasteiger partial charge in [0.25, 0.3) is 0 Å². The van der Waals surface area contributed by atoms with E-state index >= 15 is 0 Å². The molecule has 1 fully saturated rings. The minimum atomic E-state index is -0.374. The van der Waals surface area contributed by atoms with Gasteiger partial charge in [0.1, 0.15) is 23.5 Å². The van der Waals surface area contributed by atoms with Crippen molar-refractivity contribution in [2.75, 3.05) is 13.1 Å². The number of benzene rings is 2. The number of fused-ring (bicyclic) bond motifs is 2. The molecule has 0 amide bonds. The van der Waals surface area contributed by atoms with Crippen LogP contribution in [-0.2, 0) is 0 Å².